The molecule has 15 heavy (non-hydrogen) atoms. The third kappa shape index (κ3) is 2.74. The molecule has 1 aromatic rings. The zero-order valence-electron chi connectivity index (χ0n) is 10.8. The fraction of sp³-hybridized carbons (Fsp3) is 0.571. The molecular weight excluding hydrogens is 182 g/mol. The summed E-state index contributed by atoms with van der Waals surface area (Å²) in [6.45, 7) is 11.1. The summed E-state index contributed by atoms with van der Waals surface area (Å²) in [5, 5.41) is 0. The van der Waals surface area contributed by atoms with Gasteiger partial charge in [0.2, 0.25) is 0 Å². The number of hydrogen-bond acceptors (Lipinski definition) is 1. The van der Waals surface area contributed by atoms with Crippen molar-refractivity contribution in [2.24, 2.45) is 0 Å². The summed E-state index contributed by atoms with van der Waals surface area (Å²) < 4.78 is 0. The lowest BCUT2D eigenvalue weighted by atomic mass is 10.00. The Balaban J connectivity index is 3.03. The van der Waals surface area contributed by atoms with Crippen molar-refractivity contribution in [3.05, 3.63) is 29.3 Å². The number of benzene rings is 1. The van der Waals surface area contributed by atoms with Gasteiger partial charge in [0.1, 0.15) is 0 Å². The van der Waals surface area contributed by atoms with Crippen molar-refractivity contribution in [3.63, 3.8) is 0 Å². The molecule has 0 heterocycles. The lowest BCUT2D eigenvalue weighted by Gasteiger charge is -2.26. The van der Waals surface area contributed by atoms with Gasteiger partial charge in [-0.2, -0.15) is 0 Å². The Labute approximate surface area is 94.1 Å². The molecule has 0 aliphatic rings. The van der Waals surface area contributed by atoms with Crippen LogP contribution in [0.1, 0.15) is 44.7 Å². The van der Waals surface area contributed by atoms with Crippen molar-refractivity contribution in [1.29, 1.82) is 0 Å². The highest BCUT2D eigenvalue weighted by Gasteiger charge is 2.09. The summed E-state index contributed by atoms with van der Waals surface area (Å²) >= 11 is 0. The largest absolute Gasteiger partial charge is 0.372 e. The van der Waals surface area contributed by atoms with Gasteiger partial charge >= 0.3 is 0 Å². The molecule has 0 radical (unpaired) electrons. The van der Waals surface area contributed by atoms with Gasteiger partial charge in [-0.3, -0.25) is 0 Å². The first-order valence-electron chi connectivity index (χ1n) is 5.77. The second kappa shape index (κ2) is 4.69. The van der Waals surface area contributed by atoms with Crippen molar-refractivity contribution in [2.45, 2.75) is 46.6 Å². The van der Waals surface area contributed by atoms with E-state index in [1.165, 1.54) is 16.8 Å². The van der Waals surface area contributed by atoms with Crippen LogP contribution in [0.3, 0.4) is 0 Å². The standard InChI is InChI=1S/C14H23N/c1-10(2)13-7-8-14(12(5)9-13)15(6)11(3)4/h7-11H,1-6H3. The van der Waals surface area contributed by atoms with E-state index in [0.717, 1.165) is 0 Å². The smallest absolute Gasteiger partial charge is 0.0395 e. The Bertz CT molecular complexity index is 326. The fourth-order valence-electron chi connectivity index (χ4n) is 1.71. The number of aryl methyl sites for hydroxylation is 1. The average Bonchev–Trinajstić information content (AvgIpc) is 2.16. The van der Waals surface area contributed by atoms with Crippen LogP contribution in [0.2, 0.25) is 0 Å². The summed E-state index contributed by atoms with van der Waals surface area (Å²) in [4.78, 5) is 2.32. The lowest BCUT2D eigenvalue weighted by molar-refractivity contribution is 0.751. The molecule has 0 saturated heterocycles. The maximum absolute atomic E-state index is 2.32. The Morgan fingerprint density at radius 2 is 1.67 bits per heavy atom. The van der Waals surface area contributed by atoms with Gasteiger partial charge in [0.15, 0.2) is 0 Å². The highest BCUT2D eigenvalue weighted by Crippen LogP contribution is 2.25. The second-order valence-electron chi connectivity index (χ2n) is 4.91. The maximum atomic E-state index is 2.32. The Hall–Kier alpha value is -0.980. The molecule has 0 N–H and O–H groups in total. The molecule has 0 bridgehead atoms. The van der Waals surface area contributed by atoms with E-state index in [1.54, 1.807) is 0 Å². The Morgan fingerprint density at radius 1 is 1.07 bits per heavy atom. The molecule has 0 aromatic heterocycles. The maximum Gasteiger partial charge on any atom is 0.0395 e. The quantitative estimate of drug-likeness (QED) is 0.722. The van der Waals surface area contributed by atoms with E-state index in [2.05, 4.69) is 64.8 Å². The minimum atomic E-state index is 0.550. The summed E-state index contributed by atoms with van der Waals surface area (Å²) in [6, 6.07) is 7.34. The van der Waals surface area contributed by atoms with Gasteiger partial charge < -0.3 is 4.90 Å². The van der Waals surface area contributed by atoms with Gasteiger partial charge in [-0.05, 0) is 43.9 Å². The molecule has 0 spiro atoms. The van der Waals surface area contributed by atoms with Crippen LogP contribution in [0.15, 0.2) is 18.2 Å². The van der Waals surface area contributed by atoms with Gasteiger partial charge in [0, 0.05) is 18.8 Å². The highest BCUT2D eigenvalue weighted by molar-refractivity contribution is 5.54. The summed E-state index contributed by atoms with van der Waals surface area (Å²) in [6.07, 6.45) is 0. The van der Waals surface area contributed by atoms with Gasteiger partial charge in [0.25, 0.3) is 0 Å². The second-order valence-corrected chi connectivity index (χ2v) is 4.91. The summed E-state index contributed by atoms with van der Waals surface area (Å²) in [7, 11) is 2.15. The van der Waals surface area contributed by atoms with Gasteiger partial charge in [0.05, 0.1) is 0 Å². The van der Waals surface area contributed by atoms with Crippen LogP contribution in [0, 0.1) is 6.92 Å². The summed E-state index contributed by atoms with van der Waals surface area (Å²) in [5.74, 6) is 0.613. The topological polar surface area (TPSA) is 3.24 Å². The highest BCUT2D eigenvalue weighted by atomic mass is 15.1. The predicted octanol–water partition coefficient (Wildman–Crippen LogP) is 3.96. The van der Waals surface area contributed by atoms with Crippen LogP contribution in [0.5, 0.6) is 0 Å². The van der Waals surface area contributed by atoms with Crippen LogP contribution in [0.25, 0.3) is 0 Å². The zero-order chi connectivity index (χ0) is 11.6. The molecule has 1 aromatic carbocycles. The van der Waals surface area contributed by atoms with Crippen molar-refractivity contribution in [1.82, 2.24) is 0 Å². The van der Waals surface area contributed by atoms with E-state index in [4.69, 9.17) is 0 Å². The van der Waals surface area contributed by atoms with Crippen LogP contribution in [-0.2, 0) is 0 Å². The van der Waals surface area contributed by atoms with E-state index in [1.807, 2.05) is 0 Å². The molecule has 0 saturated carbocycles. The normalized spacial score (nSPS) is 11.2. The third-order valence-corrected chi connectivity index (χ3v) is 3.04. The molecule has 0 aliphatic carbocycles. The molecule has 0 fully saturated rings. The molecule has 1 heteroatoms. The Kier molecular flexibility index (Phi) is 3.78. The Morgan fingerprint density at radius 3 is 2.07 bits per heavy atom. The molecule has 1 rings (SSSR count). The van der Waals surface area contributed by atoms with Crippen LogP contribution < -0.4 is 4.90 Å². The lowest BCUT2D eigenvalue weighted by Crippen LogP contribution is -2.26. The molecule has 84 valence electrons. The number of nitrogens with zero attached hydrogens (tertiary/aromatic N) is 1. The first-order chi connectivity index (χ1) is 6.93. The SMILES string of the molecule is Cc1cc(C(C)C)ccc1N(C)C(C)C. The fourth-order valence-corrected chi connectivity index (χ4v) is 1.71. The molecule has 1 nitrogen and oxygen atoms in total. The number of rotatable bonds is 3. The first kappa shape index (κ1) is 12.1. The molecular formula is C14H23N. The van der Waals surface area contributed by atoms with E-state index < -0.39 is 0 Å². The van der Waals surface area contributed by atoms with E-state index >= 15 is 0 Å². The van der Waals surface area contributed by atoms with E-state index in [-0.39, 0.29) is 0 Å². The van der Waals surface area contributed by atoms with Gasteiger partial charge in [-0.15, -0.1) is 0 Å². The third-order valence-electron chi connectivity index (χ3n) is 3.04. The van der Waals surface area contributed by atoms with Crippen molar-refractivity contribution < 1.29 is 0 Å². The minimum absolute atomic E-state index is 0.550. The van der Waals surface area contributed by atoms with E-state index in [0.29, 0.717) is 12.0 Å². The minimum Gasteiger partial charge on any atom is -0.372 e. The summed E-state index contributed by atoms with van der Waals surface area (Å²) in [5.41, 5.74) is 4.14. The zero-order valence-corrected chi connectivity index (χ0v) is 10.8. The van der Waals surface area contributed by atoms with E-state index in [9.17, 15) is 0 Å². The van der Waals surface area contributed by atoms with Crippen molar-refractivity contribution >= 4 is 5.69 Å². The van der Waals surface area contributed by atoms with Crippen molar-refractivity contribution in [3.8, 4) is 0 Å². The number of hydrogen-bond donors (Lipinski definition) is 0. The van der Waals surface area contributed by atoms with Crippen molar-refractivity contribution in [2.75, 3.05) is 11.9 Å². The molecule has 0 amide bonds. The van der Waals surface area contributed by atoms with Crippen LogP contribution >= 0.6 is 0 Å². The molecule has 0 aliphatic heterocycles. The molecule has 0 unspecified atom stereocenters. The molecule has 0 atom stereocenters. The predicted molar refractivity (Wildman–Crippen MR) is 68.8 cm³/mol. The first-order valence-corrected chi connectivity index (χ1v) is 5.77. The number of anilines is 1. The average molecular weight is 205 g/mol. The van der Waals surface area contributed by atoms with Gasteiger partial charge in [-0.25, -0.2) is 0 Å². The van der Waals surface area contributed by atoms with Crippen LogP contribution in [-0.4, -0.2) is 13.1 Å². The van der Waals surface area contributed by atoms with Crippen LogP contribution in [0.4, 0.5) is 5.69 Å². The van der Waals surface area contributed by atoms with Gasteiger partial charge in [-0.1, -0.05) is 26.0 Å². The monoisotopic (exact) mass is 205 g/mol.